The molecule has 5 rings (SSSR count). The molecular weight excluding hydrogens is 530 g/mol. The van der Waals surface area contributed by atoms with E-state index in [9.17, 15) is 19.5 Å². The van der Waals surface area contributed by atoms with E-state index in [4.69, 9.17) is 9.47 Å². The van der Waals surface area contributed by atoms with Crippen molar-refractivity contribution in [3.63, 3.8) is 0 Å². The Morgan fingerprint density at radius 3 is 2.30 bits per heavy atom. The lowest BCUT2D eigenvalue weighted by molar-refractivity contribution is -0.132. The SMILES string of the molecule is COC(=O)c1ccc(C2C(=C(O)c3ccc(OCc4cccc(C)c4)cc3)C(=O)C(=O)N2c2nnc(C)s2)cc1. The molecule has 1 aliphatic heterocycles. The van der Waals surface area contributed by atoms with Crippen LogP contribution in [0.1, 0.15) is 43.7 Å². The smallest absolute Gasteiger partial charge is 0.337 e. The number of aryl methyl sites for hydroxylation is 2. The Hall–Kier alpha value is -4.83. The molecule has 10 heteroatoms. The van der Waals surface area contributed by atoms with Gasteiger partial charge in [0.05, 0.1) is 24.3 Å². The number of esters is 1. The number of Topliss-reactive ketones (excluding diaryl/α,β-unsaturated/α-hetero) is 1. The Kier molecular flexibility index (Phi) is 7.43. The Morgan fingerprint density at radius 1 is 0.975 bits per heavy atom. The van der Waals surface area contributed by atoms with Crippen LogP contribution in [0.3, 0.4) is 0 Å². The minimum absolute atomic E-state index is 0.0999. The number of aliphatic hydroxyl groups excluding tert-OH is 1. The maximum Gasteiger partial charge on any atom is 0.337 e. The van der Waals surface area contributed by atoms with Gasteiger partial charge in [0.1, 0.15) is 23.1 Å². The summed E-state index contributed by atoms with van der Waals surface area (Å²) < 4.78 is 10.6. The molecule has 1 fully saturated rings. The van der Waals surface area contributed by atoms with Crippen molar-refractivity contribution in [2.24, 2.45) is 0 Å². The number of rotatable bonds is 7. The van der Waals surface area contributed by atoms with Crippen LogP contribution in [0.15, 0.2) is 78.4 Å². The van der Waals surface area contributed by atoms with Crippen LogP contribution in [0.4, 0.5) is 5.13 Å². The summed E-state index contributed by atoms with van der Waals surface area (Å²) in [6.07, 6.45) is 0. The lowest BCUT2D eigenvalue weighted by Gasteiger charge is -2.22. The number of aliphatic hydroxyl groups is 1. The molecule has 0 aliphatic carbocycles. The number of hydrogen-bond donors (Lipinski definition) is 1. The van der Waals surface area contributed by atoms with Crippen LogP contribution in [0.2, 0.25) is 0 Å². The summed E-state index contributed by atoms with van der Waals surface area (Å²) >= 11 is 1.15. The second kappa shape index (κ2) is 11.1. The molecule has 0 spiro atoms. The van der Waals surface area contributed by atoms with Gasteiger partial charge in [0.25, 0.3) is 5.78 Å². The van der Waals surface area contributed by atoms with Crippen molar-refractivity contribution in [2.75, 3.05) is 12.0 Å². The fourth-order valence-corrected chi connectivity index (χ4v) is 5.20. The van der Waals surface area contributed by atoms with E-state index >= 15 is 0 Å². The molecule has 40 heavy (non-hydrogen) atoms. The van der Waals surface area contributed by atoms with Crippen molar-refractivity contribution >= 4 is 39.9 Å². The first kappa shape index (κ1) is 26.8. The Bertz CT molecular complexity index is 1630. The number of aromatic nitrogens is 2. The maximum atomic E-state index is 13.3. The Labute approximate surface area is 234 Å². The highest BCUT2D eigenvalue weighted by Gasteiger charge is 2.48. The van der Waals surface area contributed by atoms with E-state index in [0.717, 1.165) is 22.5 Å². The van der Waals surface area contributed by atoms with Crippen LogP contribution >= 0.6 is 11.3 Å². The van der Waals surface area contributed by atoms with E-state index in [2.05, 4.69) is 10.2 Å². The van der Waals surface area contributed by atoms with E-state index < -0.39 is 23.7 Å². The zero-order chi connectivity index (χ0) is 28.4. The van der Waals surface area contributed by atoms with Crippen molar-refractivity contribution in [3.8, 4) is 5.75 Å². The van der Waals surface area contributed by atoms with Crippen molar-refractivity contribution < 1.29 is 29.0 Å². The van der Waals surface area contributed by atoms with Crippen LogP contribution in [0, 0.1) is 13.8 Å². The van der Waals surface area contributed by atoms with E-state index in [1.54, 1.807) is 43.3 Å². The summed E-state index contributed by atoms with van der Waals surface area (Å²) in [5.74, 6) is -1.97. The molecule has 4 aromatic rings. The average Bonchev–Trinajstić information content (AvgIpc) is 3.51. The van der Waals surface area contributed by atoms with Crippen molar-refractivity contribution in [1.29, 1.82) is 0 Å². The number of methoxy groups -OCH3 is 1. The van der Waals surface area contributed by atoms with E-state index in [0.29, 0.717) is 34.1 Å². The normalized spacial score (nSPS) is 16.3. The number of ether oxygens (including phenoxy) is 2. The molecule has 3 aromatic carbocycles. The van der Waals surface area contributed by atoms with Gasteiger partial charge in [0.15, 0.2) is 0 Å². The van der Waals surface area contributed by atoms with Crippen LogP contribution < -0.4 is 9.64 Å². The Morgan fingerprint density at radius 2 is 1.68 bits per heavy atom. The molecule has 1 atom stereocenters. The third kappa shape index (κ3) is 5.21. The monoisotopic (exact) mass is 555 g/mol. The summed E-state index contributed by atoms with van der Waals surface area (Å²) in [5, 5.41) is 20.2. The first-order valence-corrected chi connectivity index (χ1v) is 13.2. The third-order valence-corrected chi connectivity index (χ3v) is 7.27. The van der Waals surface area contributed by atoms with Gasteiger partial charge in [0.2, 0.25) is 5.13 Å². The standard InChI is InChI=1S/C30H25N3O6S/c1-17-5-4-6-19(15-17)16-39-23-13-11-21(12-14-23)26(34)24-25(20-7-9-22(10-8-20)29(37)38-3)33(28(36)27(24)35)30-32-31-18(2)40-30/h4-15,25,34H,16H2,1-3H3. The van der Waals surface area contributed by atoms with E-state index in [1.807, 2.05) is 31.2 Å². The van der Waals surface area contributed by atoms with Crippen LogP contribution in [0.5, 0.6) is 5.75 Å². The summed E-state index contributed by atoms with van der Waals surface area (Å²) in [6.45, 7) is 4.12. The highest BCUT2D eigenvalue weighted by atomic mass is 32.1. The molecule has 0 bridgehead atoms. The van der Waals surface area contributed by atoms with E-state index in [-0.39, 0.29) is 16.5 Å². The van der Waals surface area contributed by atoms with Gasteiger partial charge in [-0.3, -0.25) is 14.5 Å². The number of anilines is 1. The Balaban J connectivity index is 1.51. The van der Waals surface area contributed by atoms with Gasteiger partial charge in [-0.25, -0.2) is 4.79 Å². The molecule has 1 saturated heterocycles. The van der Waals surface area contributed by atoms with Gasteiger partial charge >= 0.3 is 11.9 Å². The van der Waals surface area contributed by atoms with Crippen LogP contribution in [-0.2, 0) is 20.9 Å². The first-order valence-electron chi connectivity index (χ1n) is 12.3. The quantitative estimate of drug-likeness (QED) is 0.144. The molecule has 1 aliphatic rings. The molecule has 1 aromatic heterocycles. The molecule has 1 amide bonds. The number of amides is 1. The number of carbonyl (C=O) groups is 3. The van der Waals surface area contributed by atoms with Gasteiger partial charge in [0, 0.05) is 5.56 Å². The summed E-state index contributed by atoms with van der Waals surface area (Å²) in [6, 6.07) is 19.9. The number of benzene rings is 3. The predicted octanol–water partition coefficient (Wildman–Crippen LogP) is 5.15. The molecule has 1 N–H and O–H groups in total. The second-order valence-electron chi connectivity index (χ2n) is 9.19. The summed E-state index contributed by atoms with van der Waals surface area (Å²) in [4.78, 5) is 39.7. The lowest BCUT2D eigenvalue weighted by Crippen LogP contribution is -2.29. The van der Waals surface area contributed by atoms with Crippen molar-refractivity contribution in [1.82, 2.24) is 10.2 Å². The van der Waals surface area contributed by atoms with Crippen LogP contribution in [0.25, 0.3) is 5.76 Å². The maximum absolute atomic E-state index is 13.3. The van der Waals surface area contributed by atoms with Gasteiger partial charge in [-0.2, -0.15) is 0 Å². The number of ketones is 1. The zero-order valence-corrected chi connectivity index (χ0v) is 22.8. The minimum atomic E-state index is -0.990. The van der Waals surface area contributed by atoms with E-state index in [1.165, 1.54) is 24.1 Å². The van der Waals surface area contributed by atoms with Gasteiger partial charge < -0.3 is 14.6 Å². The average molecular weight is 556 g/mol. The van der Waals surface area contributed by atoms with Gasteiger partial charge in [-0.1, -0.05) is 53.3 Å². The van der Waals surface area contributed by atoms with Crippen molar-refractivity contribution in [2.45, 2.75) is 26.5 Å². The molecule has 9 nitrogen and oxygen atoms in total. The molecule has 2 heterocycles. The summed E-state index contributed by atoms with van der Waals surface area (Å²) in [7, 11) is 1.28. The number of nitrogens with zero attached hydrogens (tertiary/aromatic N) is 3. The largest absolute Gasteiger partial charge is 0.507 e. The molecule has 202 valence electrons. The minimum Gasteiger partial charge on any atom is -0.507 e. The highest BCUT2D eigenvalue weighted by Crippen LogP contribution is 2.43. The van der Waals surface area contributed by atoms with Gasteiger partial charge in [-0.15, -0.1) is 10.2 Å². The number of hydrogen-bond acceptors (Lipinski definition) is 9. The van der Waals surface area contributed by atoms with Gasteiger partial charge in [-0.05, 0) is 61.4 Å². The second-order valence-corrected chi connectivity index (χ2v) is 10.3. The predicted molar refractivity (Wildman–Crippen MR) is 149 cm³/mol. The molecule has 0 radical (unpaired) electrons. The summed E-state index contributed by atoms with van der Waals surface area (Å²) in [5.41, 5.74) is 3.20. The molecule has 0 saturated carbocycles. The first-order chi connectivity index (χ1) is 19.3. The fourth-order valence-electron chi connectivity index (χ4n) is 4.48. The lowest BCUT2D eigenvalue weighted by atomic mass is 9.94. The van der Waals surface area contributed by atoms with Crippen LogP contribution in [-0.4, -0.2) is 40.1 Å². The fraction of sp³-hybridized carbons (Fsp3) is 0.167. The highest BCUT2D eigenvalue weighted by molar-refractivity contribution is 7.15. The molecular formula is C30H25N3O6S. The van der Waals surface area contributed by atoms with Crippen molar-refractivity contribution in [3.05, 3.63) is 111 Å². The third-order valence-electron chi connectivity index (χ3n) is 6.43. The number of carbonyl (C=O) groups excluding carboxylic acids is 3. The molecule has 1 unspecified atom stereocenters. The zero-order valence-electron chi connectivity index (χ0n) is 22.0. The topological polar surface area (TPSA) is 119 Å².